The van der Waals surface area contributed by atoms with Gasteiger partial charge in [-0.3, -0.25) is 0 Å². The van der Waals surface area contributed by atoms with E-state index in [0.717, 1.165) is 38.9 Å². The molecule has 334 valence electrons. The summed E-state index contributed by atoms with van der Waals surface area (Å²) in [5, 5.41) is 0. The maximum Gasteiger partial charge on any atom is 0.164 e. The zero-order valence-electron chi connectivity index (χ0n) is 39.1. The van der Waals surface area contributed by atoms with Crippen LogP contribution in [0.25, 0.3) is 90.6 Å². The van der Waals surface area contributed by atoms with E-state index in [1.807, 2.05) is 54.6 Å². The van der Waals surface area contributed by atoms with Gasteiger partial charge in [0, 0.05) is 50.6 Å². The first kappa shape index (κ1) is 41.0. The molecule has 4 aliphatic rings. The van der Waals surface area contributed by atoms with Crippen molar-refractivity contribution in [2.75, 3.05) is 0 Å². The fourth-order valence-electron chi connectivity index (χ4n) is 11.6. The second kappa shape index (κ2) is 16.0. The third-order valence-electron chi connectivity index (χ3n) is 15.0. The van der Waals surface area contributed by atoms with Crippen LogP contribution in [-0.2, 0) is 5.41 Å². The number of fused-ring (bicyclic) bond motifs is 3. The number of aromatic nitrogens is 6. The highest BCUT2D eigenvalue weighted by Gasteiger charge is 2.42. The Morgan fingerprint density at radius 3 is 1.13 bits per heavy atom. The van der Waals surface area contributed by atoms with E-state index in [4.69, 9.17) is 29.9 Å². The van der Waals surface area contributed by atoms with Gasteiger partial charge in [0.1, 0.15) is 0 Å². The van der Waals surface area contributed by atoms with E-state index in [9.17, 15) is 0 Å². The third kappa shape index (κ3) is 6.63. The Labute approximate surface area is 412 Å². The third-order valence-corrected chi connectivity index (χ3v) is 15.0. The van der Waals surface area contributed by atoms with Gasteiger partial charge >= 0.3 is 0 Å². The predicted molar refractivity (Wildman–Crippen MR) is 284 cm³/mol. The molecular formula is C65H44N6. The molecule has 6 heteroatoms. The van der Waals surface area contributed by atoms with Crippen LogP contribution in [0.3, 0.4) is 0 Å². The van der Waals surface area contributed by atoms with E-state index < -0.39 is 0 Å². The predicted octanol–water partition coefficient (Wildman–Crippen LogP) is 15.0. The van der Waals surface area contributed by atoms with Crippen LogP contribution in [-0.4, -0.2) is 29.9 Å². The average Bonchev–Trinajstić information content (AvgIpc) is 3.68. The normalized spacial score (nSPS) is 15.3. The van der Waals surface area contributed by atoms with Crippen molar-refractivity contribution in [3.63, 3.8) is 0 Å². The molecule has 0 radical (unpaired) electrons. The first-order valence-corrected chi connectivity index (χ1v) is 24.3. The zero-order chi connectivity index (χ0) is 47.2. The Balaban J connectivity index is 0.880. The first-order chi connectivity index (χ1) is 34.9. The molecule has 0 saturated heterocycles. The van der Waals surface area contributed by atoms with Crippen LogP contribution in [0.5, 0.6) is 0 Å². The maximum absolute atomic E-state index is 5.33. The number of nitrogens with zero attached hydrogens (tertiary/aromatic N) is 6. The SMILES string of the molecule is CC1(C)c2ccccc2-c2c(-c3cccc(-c4nc(-c5ccccc5)nc(-c5ccc6c(c5)C5c7ccccc7C6c6cc(-c7nc(-c8ccccc8)nc(-c8ccccc8)n7)ccc65)n4)c3)cccc21. The summed E-state index contributed by atoms with van der Waals surface area (Å²) in [6.07, 6.45) is 0. The van der Waals surface area contributed by atoms with E-state index in [2.05, 4.69) is 178 Å². The number of rotatable bonds is 7. The van der Waals surface area contributed by atoms with Crippen LogP contribution in [0.15, 0.2) is 218 Å². The van der Waals surface area contributed by atoms with Gasteiger partial charge in [-0.2, -0.15) is 0 Å². The van der Waals surface area contributed by atoms with Crippen LogP contribution in [0, 0.1) is 0 Å². The quantitative estimate of drug-likeness (QED) is 0.159. The molecular weight excluding hydrogens is 865 g/mol. The Kier molecular flexibility index (Phi) is 9.27. The lowest BCUT2D eigenvalue weighted by atomic mass is 9.61. The van der Waals surface area contributed by atoms with Crippen molar-refractivity contribution < 1.29 is 0 Å². The summed E-state index contributed by atoms with van der Waals surface area (Å²) in [4.78, 5) is 30.9. The fraction of sp³-hybridized carbons (Fsp3) is 0.0769. The summed E-state index contributed by atoms with van der Waals surface area (Å²) in [6, 6.07) is 77.4. The molecule has 0 amide bonds. The molecule has 0 spiro atoms. The van der Waals surface area contributed by atoms with Gasteiger partial charge in [0.05, 0.1) is 0 Å². The monoisotopic (exact) mass is 908 g/mol. The highest BCUT2D eigenvalue weighted by atomic mass is 15.0. The van der Waals surface area contributed by atoms with Crippen molar-refractivity contribution in [1.29, 1.82) is 0 Å². The molecule has 0 N–H and O–H groups in total. The van der Waals surface area contributed by atoms with Gasteiger partial charge in [0.2, 0.25) is 0 Å². The number of hydrogen-bond donors (Lipinski definition) is 0. The zero-order valence-corrected chi connectivity index (χ0v) is 39.1. The molecule has 0 aliphatic heterocycles. The lowest BCUT2D eigenvalue weighted by molar-refractivity contribution is 0.660. The van der Waals surface area contributed by atoms with Crippen LogP contribution in [0.2, 0.25) is 0 Å². The lowest BCUT2D eigenvalue weighted by Crippen LogP contribution is -2.27. The Bertz CT molecular complexity index is 3860. The standard InChI is InChI=1S/C65H44N6/c1-65(2)54-30-15-14-28-51(54)58-46(29-17-31-55(58)65)42-24-16-25-43(36-42)62-67-61(41-22-10-5-11-23-41)70-64(71-62)45-33-35-50-53(38-45)57-48-27-13-12-26-47(48)56(50)52-37-44(32-34-49(52)57)63-68-59(39-18-6-3-7-19-39)66-60(69-63)40-20-8-4-9-21-40/h3-38,56-57H,1-2H3. The summed E-state index contributed by atoms with van der Waals surface area (Å²) in [5.74, 6) is 3.90. The lowest BCUT2D eigenvalue weighted by Gasteiger charge is -2.42. The van der Waals surface area contributed by atoms with Crippen molar-refractivity contribution in [2.24, 2.45) is 0 Å². The highest BCUT2D eigenvalue weighted by molar-refractivity contribution is 5.93. The largest absolute Gasteiger partial charge is 0.208 e. The Morgan fingerprint density at radius 2 is 0.620 bits per heavy atom. The molecule has 2 bridgehead atoms. The van der Waals surface area contributed by atoms with Gasteiger partial charge in [-0.25, -0.2) is 29.9 Å². The number of hydrogen-bond acceptors (Lipinski definition) is 6. The van der Waals surface area contributed by atoms with Crippen molar-refractivity contribution >= 4 is 0 Å². The van der Waals surface area contributed by atoms with E-state index in [0.29, 0.717) is 34.9 Å². The van der Waals surface area contributed by atoms with Gasteiger partial charge in [-0.15, -0.1) is 0 Å². The second-order valence-electron chi connectivity index (χ2n) is 19.4. The van der Waals surface area contributed by atoms with Gasteiger partial charge in [-0.1, -0.05) is 214 Å². The van der Waals surface area contributed by atoms with Crippen molar-refractivity contribution in [1.82, 2.24) is 29.9 Å². The van der Waals surface area contributed by atoms with Crippen molar-refractivity contribution in [2.45, 2.75) is 31.1 Å². The molecule has 0 saturated carbocycles. The minimum absolute atomic E-state index is 0.0163. The Hall–Kier alpha value is -9.00. The van der Waals surface area contributed by atoms with Crippen LogP contribution < -0.4 is 0 Å². The van der Waals surface area contributed by atoms with Crippen molar-refractivity contribution in [3.05, 3.63) is 263 Å². The molecule has 0 fully saturated rings. The van der Waals surface area contributed by atoms with E-state index in [1.54, 1.807) is 0 Å². The van der Waals surface area contributed by atoms with Gasteiger partial charge in [0.15, 0.2) is 34.9 Å². The van der Waals surface area contributed by atoms with Gasteiger partial charge in [-0.05, 0) is 85.0 Å². The van der Waals surface area contributed by atoms with Gasteiger partial charge < -0.3 is 0 Å². The molecule has 15 rings (SSSR count). The molecule has 71 heavy (non-hydrogen) atoms. The fourth-order valence-corrected chi connectivity index (χ4v) is 11.6. The average molecular weight is 909 g/mol. The molecule has 2 aromatic heterocycles. The highest BCUT2D eigenvalue weighted by Crippen LogP contribution is 2.57. The van der Waals surface area contributed by atoms with E-state index in [-0.39, 0.29) is 17.3 Å². The minimum Gasteiger partial charge on any atom is -0.208 e. The summed E-state index contributed by atoms with van der Waals surface area (Å²) in [7, 11) is 0. The molecule has 11 aromatic rings. The van der Waals surface area contributed by atoms with Crippen molar-refractivity contribution in [3.8, 4) is 90.6 Å². The summed E-state index contributed by atoms with van der Waals surface area (Å²) in [6.45, 7) is 4.66. The first-order valence-electron chi connectivity index (χ1n) is 24.3. The van der Waals surface area contributed by atoms with Gasteiger partial charge in [0.25, 0.3) is 0 Å². The molecule has 2 unspecified atom stereocenters. The smallest absolute Gasteiger partial charge is 0.164 e. The second-order valence-corrected chi connectivity index (χ2v) is 19.4. The molecule has 6 nitrogen and oxygen atoms in total. The Morgan fingerprint density at radius 1 is 0.268 bits per heavy atom. The molecule has 2 heterocycles. The topological polar surface area (TPSA) is 77.3 Å². The maximum atomic E-state index is 5.33. The van der Waals surface area contributed by atoms with Crippen LogP contribution in [0.1, 0.15) is 70.2 Å². The number of benzene rings is 9. The van der Waals surface area contributed by atoms with E-state index >= 15 is 0 Å². The van der Waals surface area contributed by atoms with Crippen LogP contribution >= 0.6 is 0 Å². The molecule has 2 atom stereocenters. The molecule has 4 aliphatic carbocycles. The summed E-state index contributed by atoms with van der Waals surface area (Å²) < 4.78 is 0. The molecule has 9 aromatic carbocycles. The van der Waals surface area contributed by atoms with E-state index in [1.165, 1.54) is 61.2 Å². The summed E-state index contributed by atoms with van der Waals surface area (Å²) in [5.41, 5.74) is 21.0. The summed E-state index contributed by atoms with van der Waals surface area (Å²) >= 11 is 0. The van der Waals surface area contributed by atoms with Crippen LogP contribution in [0.4, 0.5) is 0 Å². The minimum atomic E-state index is -0.0931.